The van der Waals surface area contributed by atoms with Crippen LogP contribution in [-0.4, -0.2) is 11.1 Å². The molecule has 0 aliphatic rings. The molecular formula is C4H3O2. The van der Waals surface area contributed by atoms with Crippen molar-refractivity contribution in [2.24, 2.45) is 0 Å². The van der Waals surface area contributed by atoms with E-state index in [1.54, 1.807) is 5.92 Å². The summed E-state index contributed by atoms with van der Waals surface area (Å²) in [6, 6.07) is 0. The molecule has 0 rings (SSSR count). The van der Waals surface area contributed by atoms with Crippen LogP contribution in [0.2, 0.25) is 0 Å². The van der Waals surface area contributed by atoms with Crippen molar-refractivity contribution in [3.8, 4) is 5.92 Å². The second kappa shape index (κ2) is 2.28. The van der Waals surface area contributed by atoms with E-state index in [9.17, 15) is 4.79 Å². The molecule has 0 aliphatic carbocycles. The monoisotopic (exact) mass is 83.0 g/mol. The van der Waals surface area contributed by atoms with Crippen LogP contribution in [0.4, 0.5) is 0 Å². The minimum absolute atomic E-state index is 0.292. The van der Waals surface area contributed by atoms with Crippen molar-refractivity contribution >= 4 is 5.97 Å². The first-order valence-corrected chi connectivity index (χ1v) is 1.38. The first-order valence-electron chi connectivity index (χ1n) is 1.38. The Morgan fingerprint density at radius 2 is 2.50 bits per heavy atom. The minimum Gasteiger partial charge on any atom is -0.481 e. The predicted octanol–water partition coefficient (Wildman–Crippen LogP) is 0.0509. The zero-order valence-corrected chi connectivity index (χ0v) is 3.06. The number of carbonyl (C=O) groups is 1. The highest BCUT2D eigenvalue weighted by Crippen LogP contribution is 1.68. The molecule has 1 radical (unpaired) electrons. The molecule has 0 saturated carbocycles. The van der Waals surface area contributed by atoms with Crippen LogP contribution < -0.4 is 0 Å². The second-order valence-electron chi connectivity index (χ2n) is 0.747. The summed E-state index contributed by atoms with van der Waals surface area (Å²) in [5, 5.41) is 7.73. The SMILES string of the molecule is [C]#CCC(=O)O. The molecule has 0 amide bonds. The highest BCUT2D eigenvalue weighted by molar-refractivity contribution is 5.69. The van der Waals surface area contributed by atoms with Crippen LogP contribution in [0.15, 0.2) is 0 Å². The van der Waals surface area contributed by atoms with Gasteiger partial charge in [-0.2, -0.15) is 0 Å². The molecule has 0 spiro atoms. The van der Waals surface area contributed by atoms with E-state index in [4.69, 9.17) is 11.5 Å². The number of carboxylic acids is 1. The van der Waals surface area contributed by atoms with Crippen molar-refractivity contribution in [1.29, 1.82) is 0 Å². The Kier molecular flexibility index (Phi) is 1.91. The van der Waals surface area contributed by atoms with E-state index in [1.165, 1.54) is 0 Å². The van der Waals surface area contributed by atoms with E-state index in [0.717, 1.165) is 0 Å². The smallest absolute Gasteiger partial charge is 0.315 e. The fourth-order valence-electron chi connectivity index (χ4n) is 0.0756. The Balaban J connectivity index is 3.13. The normalized spacial score (nSPS) is 6.50. The molecule has 0 atom stereocenters. The van der Waals surface area contributed by atoms with E-state index in [1.807, 2.05) is 0 Å². The van der Waals surface area contributed by atoms with E-state index in [0.29, 0.717) is 0 Å². The molecule has 0 bridgehead atoms. The Labute approximate surface area is 35.8 Å². The number of hydrogen-bond donors (Lipinski definition) is 1. The van der Waals surface area contributed by atoms with Crippen LogP contribution in [0.1, 0.15) is 6.42 Å². The Morgan fingerprint density at radius 3 is 2.50 bits per heavy atom. The van der Waals surface area contributed by atoms with Gasteiger partial charge in [0.25, 0.3) is 0 Å². The standard InChI is InChI=1S/C4H3O2/c1-2-3-4(5)6/h3H2,(H,5,6). The average Bonchev–Trinajstić information content (AvgIpc) is 1.35. The largest absolute Gasteiger partial charge is 0.481 e. The topological polar surface area (TPSA) is 37.3 Å². The third-order valence-corrected chi connectivity index (χ3v) is 0.240. The molecule has 2 nitrogen and oxygen atoms in total. The Bertz CT molecular complexity index is 88.2. The lowest BCUT2D eigenvalue weighted by Crippen LogP contribution is -1.88. The van der Waals surface area contributed by atoms with Gasteiger partial charge in [0.2, 0.25) is 0 Å². The first kappa shape index (κ1) is 5.03. The van der Waals surface area contributed by atoms with Gasteiger partial charge >= 0.3 is 5.97 Å². The van der Waals surface area contributed by atoms with Crippen molar-refractivity contribution in [3.05, 3.63) is 6.42 Å². The third-order valence-electron chi connectivity index (χ3n) is 0.240. The molecule has 0 aromatic carbocycles. The van der Waals surface area contributed by atoms with Crippen molar-refractivity contribution in [1.82, 2.24) is 0 Å². The minimum atomic E-state index is -1.01. The third kappa shape index (κ3) is 3.03. The van der Waals surface area contributed by atoms with E-state index >= 15 is 0 Å². The maximum absolute atomic E-state index is 9.42. The number of rotatable bonds is 1. The van der Waals surface area contributed by atoms with Crippen LogP contribution in [0.25, 0.3) is 0 Å². The lowest BCUT2D eigenvalue weighted by molar-refractivity contribution is -0.135. The van der Waals surface area contributed by atoms with Crippen LogP contribution in [-0.2, 0) is 4.79 Å². The molecular weight excluding hydrogens is 80.0 g/mol. The van der Waals surface area contributed by atoms with Crippen LogP contribution in [0.5, 0.6) is 0 Å². The number of hydrogen-bond acceptors (Lipinski definition) is 1. The summed E-state index contributed by atoms with van der Waals surface area (Å²) in [4.78, 5) is 9.42. The Hall–Kier alpha value is -0.970. The van der Waals surface area contributed by atoms with Gasteiger partial charge in [0.15, 0.2) is 0 Å². The highest BCUT2D eigenvalue weighted by Gasteiger charge is 1.85. The molecule has 0 aliphatic heterocycles. The summed E-state index contributed by atoms with van der Waals surface area (Å²) < 4.78 is 0. The maximum atomic E-state index is 9.42. The number of carboxylic acid groups (broad SMARTS) is 1. The van der Waals surface area contributed by atoms with Gasteiger partial charge in [-0.25, -0.2) is 0 Å². The first-order chi connectivity index (χ1) is 2.77. The maximum Gasteiger partial charge on any atom is 0.315 e. The van der Waals surface area contributed by atoms with Gasteiger partial charge in [0.1, 0.15) is 6.42 Å². The van der Waals surface area contributed by atoms with Gasteiger partial charge < -0.3 is 5.11 Å². The van der Waals surface area contributed by atoms with Gasteiger partial charge in [0.05, 0.1) is 0 Å². The highest BCUT2D eigenvalue weighted by atomic mass is 16.4. The second-order valence-corrected chi connectivity index (χ2v) is 0.747. The number of aliphatic carboxylic acids is 1. The van der Waals surface area contributed by atoms with Gasteiger partial charge in [-0.3, -0.25) is 4.79 Å². The van der Waals surface area contributed by atoms with Crippen LogP contribution >= 0.6 is 0 Å². The molecule has 0 saturated heterocycles. The van der Waals surface area contributed by atoms with E-state index < -0.39 is 5.97 Å². The molecule has 0 fully saturated rings. The van der Waals surface area contributed by atoms with Crippen LogP contribution in [0, 0.1) is 12.3 Å². The average molecular weight is 83.1 g/mol. The van der Waals surface area contributed by atoms with Gasteiger partial charge in [-0.05, 0) is 6.42 Å². The summed E-state index contributed by atoms with van der Waals surface area (Å²) in [5.74, 6) is 0.708. The zero-order chi connectivity index (χ0) is 4.99. The van der Waals surface area contributed by atoms with E-state index in [2.05, 4.69) is 0 Å². The molecule has 0 unspecified atom stereocenters. The van der Waals surface area contributed by atoms with Crippen molar-refractivity contribution in [3.63, 3.8) is 0 Å². The summed E-state index contributed by atoms with van der Waals surface area (Å²) in [6.45, 7) is 0. The van der Waals surface area contributed by atoms with Crippen LogP contribution in [0.3, 0.4) is 0 Å². The van der Waals surface area contributed by atoms with Gasteiger partial charge in [-0.15, -0.1) is 0 Å². The predicted molar refractivity (Wildman–Crippen MR) is 19.4 cm³/mol. The quantitative estimate of drug-likeness (QED) is 0.455. The summed E-state index contributed by atoms with van der Waals surface area (Å²) in [6.07, 6.45) is 5.81. The molecule has 1 N–H and O–H groups in total. The molecule has 6 heavy (non-hydrogen) atoms. The molecule has 0 heterocycles. The molecule has 0 aromatic rings. The van der Waals surface area contributed by atoms with E-state index in [-0.39, 0.29) is 6.42 Å². The fourth-order valence-corrected chi connectivity index (χ4v) is 0.0756. The zero-order valence-electron chi connectivity index (χ0n) is 3.06. The summed E-state index contributed by atoms with van der Waals surface area (Å²) in [5.41, 5.74) is 0. The lowest BCUT2D eigenvalue weighted by Gasteiger charge is -1.72. The fraction of sp³-hybridized carbons (Fsp3) is 0.250. The molecule has 0 aromatic heterocycles. The lowest BCUT2D eigenvalue weighted by atomic mass is 10.5. The van der Waals surface area contributed by atoms with Gasteiger partial charge in [0, 0.05) is 0 Å². The Morgan fingerprint density at radius 1 is 2.00 bits per heavy atom. The van der Waals surface area contributed by atoms with Crippen molar-refractivity contribution in [2.45, 2.75) is 6.42 Å². The van der Waals surface area contributed by atoms with Crippen molar-refractivity contribution < 1.29 is 9.90 Å². The molecule has 2 heteroatoms. The van der Waals surface area contributed by atoms with Crippen molar-refractivity contribution in [2.75, 3.05) is 0 Å². The summed E-state index contributed by atoms with van der Waals surface area (Å²) >= 11 is 0. The van der Waals surface area contributed by atoms with Gasteiger partial charge in [-0.1, -0.05) is 5.92 Å². The summed E-state index contributed by atoms with van der Waals surface area (Å²) in [7, 11) is 0. The molecule has 31 valence electrons.